The molecule has 0 bridgehead atoms. The molecule has 2 aromatic carbocycles. The third-order valence-electron chi connectivity index (χ3n) is 3.75. The lowest BCUT2D eigenvalue weighted by Gasteiger charge is -2.26. The summed E-state index contributed by atoms with van der Waals surface area (Å²) in [7, 11) is 0. The Balaban J connectivity index is 2.21. The first-order valence-electron chi connectivity index (χ1n) is 6.89. The molecule has 0 radical (unpaired) electrons. The Bertz CT molecular complexity index is 882. The van der Waals surface area contributed by atoms with Gasteiger partial charge in [-0.1, -0.05) is 24.3 Å². The number of allylic oxidation sites excluding steroid dienone is 1. The summed E-state index contributed by atoms with van der Waals surface area (Å²) in [6.45, 7) is 0. The molecule has 0 aromatic heterocycles. The molecule has 24 heavy (non-hydrogen) atoms. The van der Waals surface area contributed by atoms with E-state index in [-0.39, 0.29) is 28.5 Å². The van der Waals surface area contributed by atoms with Gasteiger partial charge in [0.05, 0.1) is 11.5 Å². The largest absolute Gasteiger partial charge is 0.508 e. The first-order valence-corrected chi connectivity index (χ1v) is 6.89. The van der Waals surface area contributed by atoms with Crippen molar-refractivity contribution in [1.82, 2.24) is 0 Å². The molecule has 122 valence electrons. The topological polar surface area (TPSA) is 79.3 Å². The number of phenolic OH excluding ortho intramolecular Hbond substituents is 1. The Hall–Kier alpha value is -3.14. The Labute approximate surface area is 135 Å². The molecule has 0 spiro atoms. The van der Waals surface area contributed by atoms with Crippen LogP contribution in [0, 0.1) is 11.3 Å². The molecule has 0 aliphatic carbocycles. The number of aromatic hydroxyl groups is 1. The quantitative estimate of drug-likeness (QED) is 0.836. The SMILES string of the molecule is N#CC1=C(N)Oc2cc(O)ccc2[C@@H]1c1cccc(C(F)(F)F)c1. The van der Waals surface area contributed by atoms with Crippen LogP contribution in [0.3, 0.4) is 0 Å². The van der Waals surface area contributed by atoms with Crippen LogP contribution in [0.1, 0.15) is 22.6 Å². The van der Waals surface area contributed by atoms with E-state index in [4.69, 9.17) is 10.5 Å². The summed E-state index contributed by atoms with van der Waals surface area (Å²) in [5, 5.41) is 18.9. The third kappa shape index (κ3) is 2.63. The molecule has 3 N–H and O–H groups in total. The zero-order valence-electron chi connectivity index (χ0n) is 12.1. The van der Waals surface area contributed by atoms with E-state index >= 15 is 0 Å². The lowest BCUT2D eigenvalue weighted by molar-refractivity contribution is -0.137. The van der Waals surface area contributed by atoms with E-state index in [1.807, 2.05) is 6.07 Å². The molecule has 1 heterocycles. The summed E-state index contributed by atoms with van der Waals surface area (Å²) >= 11 is 0. The summed E-state index contributed by atoms with van der Waals surface area (Å²) in [6.07, 6.45) is -4.50. The van der Waals surface area contributed by atoms with Gasteiger partial charge in [-0.3, -0.25) is 0 Å². The normalized spacial score (nSPS) is 17.0. The minimum absolute atomic E-state index is 0.0208. The maximum Gasteiger partial charge on any atom is 0.416 e. The van der Waals surface area contributed by atoms with E-state index in [0.29, 0.717) is 5.56 Å². The van der Waals surface area contributed by atoms with Crippen molar-refractivity contribution in [3.8, 4) is 17.6 Å². The van der Waals surface area contributed by atoms with Crippen LogP contribution in [0.2, 0.25) is 0 Å². The predicted octanol–water partition coefficient (Wildman–Crippen LogP) is 3.63. The summed E-state index contributed by atoms with van der Waals surface area (Å²) in [6, 6.07) is 10.8. The van der Waals surface area contributed by atoms with Gasteiger partial charge in [-0.25, -0.2) is 0 Å². The summed E-state index contributed by atoms with van der Waals surface area (Å²) < 4.78 is 44.3. The van der Waals surface area contributed by atoms with Gasteiger partial charge in [-0.15, -0.1) is 0 Å². The summed E-state index contributed by atoms with van der Waals surface area (Å²) in [5.41, 5.74) is 5.66. The maximum absolute atomic E-state index is 13.0. The van der Waals surface area contributed by atoms with Crippen molar-refractivity contribution in [3.05, 3.63) is 70.6 Å². The monoisotopic (exact) mass is 332 g/mol. The van der Waals surface area contributed by atoms with Gasteiger partial charge in [0.2, 0.25) is 5.88 Å². The number of nitrogens with zero attached hydrogens (tertiary/aromatic N) is 1. The van der Waals surface area contributed by atoms with Crippen molar-refractivity contribution < 1.29 is 23.0 Å². The molecule has 1 aliphatic rings. The highest BCUT2D eigenvalue weighted by Gasteiger charge is 2.34. The van der Waals surface area contributed by atoms with Crippen LogP contribution in [0.25, 0.3) is 0 Å². The molecule has 0 saturated carbocycles. The van der Waals surface area contributed by atoms with Crippen LogP contribution in [-0.4, -0.2) is 5.11 Å². The smallest absolute Gasteiger partial charge is 0.416 e. The second-order valence-electron chi connectivity index (χ2n) is 5.27. The van der Waals surface area contributed by atoms with Gasteiger partial charge < -0.3 is 15.6 Å². The lowest BCUT2D eigenvalue weighted by Crippen LogP contribution is -2.21. The zero-order chi connectivity index (χ0) is 17.5. The Morgan fingerprint density at radius 3 is 2.58 bits per heavy atom. The number of benzene rings is 2. The average molecular weight is 332 g/mol. The standard InChI is InChI=1S/C17H11F3N2O2/c18-17(19,20)10-3-1-2-9(6-10)15-12-5-4-11(23)7-14(12)24-16(22)13(15)8-21/h1-7,15,23H,22H2/t15-/m0/s1. The number of nitrogens with two attached hydrogens (primary N) is 1. The lowest BCUT2D eigenvalue weighted by atomic mass is 9.83. The summed E-state index contributed by atoms with van der Waals surface area (Å²) in [4.78, 5) is 0. The molecular weight excluding hydrogens is 321 g/mol. The highest BCUT2D eigenvalue weighted by atomic mass is 19.4. The van der Waals surface area contributed by atoms with E-state index in [9.17, 15) is 23.5 Å². The molecular formula is C17H11F3N2O2. The van der Waals surface area contributed by atoms with Gasteiger partial charge in [0, 0.05) is 11.6 Å². The Morgan fingerprint density at radius 1 is 1.17 bits per heavy atom. The van der Waals surface area contributed by atoms with Crippen LogP contribution in [0.5, 0.6) is 11.5 Å². The fourth-order valence-electron chi connectivity index (χ4n) is 2.68. The van der Waals surface area contributed by atoms with Gasteiger partial charge in [-0.05, 0) is 17.7 Å². The van der Waals surface area contributed by atoms with E-state index in [1.54, 1.807) is 0 Å². The number of hydrogen-bond donors (Lipinski definition) is 2. The van der Waals surface area contributed by atoms with Gasteiger partial charge in [-0.2, -0.15) is 18.4 Å². The number of rotatable bonds is 1. The van der Waals surface area contributed by atoms with Crippen molar-refractivity contribution in [2.45, 2.75) is 12.1 Å². The Kier molecular flexibility index (Phi) is 3.60. The van der Waals surface area contributed by atoms with E-state index in [1.165, 1.54) is 30.3 Å². The third-order valence-corrected chi connectivity index (χ3v) is 3.75. The molecule has 0 fully saturated rings. The second kappa shape index (κ2) is 5.49. The van der Waals surface area contributed by atoms with Crippen molar-refractivity contribution in [1.29, 1.82) is 5.26 Å². The molecule has 2 aromatic rings. The van der Waals surface area contributed by atoms with Gasteiger partial charge >= 0.3 is 6.18 Å². The summed E-state index contributed by atoms with van der Waals surface area (Å²) in [5.74, 6) is -0.877. The van der Waals surface area contributed by atoms with Crippen LogP contribution in [0.4, 0.5) is 13.2 Å². The van der Waals surface area contributed by atoms with Gasteiger partial charge in [0.1, 0.15) is 23.1 Å². The van der Waals surface area contributed by atoms with E-state index in [0.717, 1.165) is 12.1 Å². The minimum atomic E-state index is -4.50. The molecule has 1 atom stereocenters. The van der Waals surface area contributed by atoms with Crippen molar-refractivity contribution in [2.24, 2.45) is 5.73 Å². The minimum Gasteiger partial charge on any atom is -0.508 e. The molecule has 0 unspecified atom stereocenters. The number of alkyl halides is 3. The zero-order valence-corrected chi connectivity index (χ0v) is 12.1. The number of nitriles is 1. The highest BCUT2D eigenvalue weighted by molar-refractivity contribution is 5.57. The number of ether oxygens (including phenoxy) is 1. The van der Waals surface area contributed by atoms with Crippen LogP contribution in [-0.2, 0) is 6.18 Å². The number of fused-ring (bicyclic) bond motifs is 1. The number of hydrogen-bond acceptors (Lipinski definition) is 4. The number of phenols is 1. The van der Waals surface area contributed by atoms with Gasteiger partial charge in [0.15, 0.2) is 0 Å². The van der Waals surface area contributed by atoms with Crippen LogP contribution in [0.15, 0.2) is 53.9 Å². The van der Waals surface area contributed by atoms with E-state index in [2.05, 4.69) is 0 Å². The van der Waals surface area contributed by atoms with Crippen molar-refractivity contribution >= 4 is 0 Å². The molecule has 1 aliphatic heterocycles. The van der Waals surface area contributed by atoms with Crippen LogP contribution >= 0.6 is 0 Å². The molecule has 0 amide bonds. The van der Waals surface area contributed by atoms with Crippen molar-refractivity contribution in [3.63, 3.8) is 0 Å². The Morgan fingerprint density at radius 2 is 1.92 bits per heavy atom. The van der Waals surface area contributed by atoms with Crippen LogP contribution < -0.4 is 10.5 Å². The molecule has 3 rings (SSSR count). The van der Waals surface area contributed by atoms with E-state index < -0.39 is 17.7 Å². The fourth-order valence-corrected chi connectivity index (χ4v) is 2.68. The predicted molar refractivity (Wildman–Crippen MR) is 78.8 cm³/mol. The first kappa shape index (κ1) is 15.7. The fraction of sp³-hybridized carbons (Fsp3) is 0.118. The molecule has 0 saturated heterocycles. The molecule has 4 nitrogen and oxygen atoms in total. The average Bonchev–Trinajstić information content (AvgIpc) is 2.52. The van der Waals surface area contributed by atoms with Crippen molar-refractivity contribution in [2.75, 3.05) is 0 Å². The van der Waals surface area contributed by atoms with Gasteiger partial charge in [0.25, 0.3) is 0 Å². The second-order valence-corrected chi connectivity index (χ2v) is 5.27. The maximum atomic E-state index is 13.0. The highest BCUT2D eigenvalue weighted by Crippen LogP contribution is 2.44. The first-order chi connectivity index (χ1) is 11.3. The number of halogens is 3. The molecule has 7 heteroatoms.